The third-order valence-corrected chi connectivity index (χ3v) is 6.37. The molecular weight excluding hydrogens is 364 g/mol. The van der Waals surface area contributed by atoms with Gasteiger partial charge in [0, 0.05) is 18.8 Å². The smallest absolute Gasteiger partial charge is 0.262 e. The molecule has 1 saturated heterocycles. The lowest BCUT2D eigenvalue weighted by molar-refractivity contribution is -0.118. The maximum absolute atomic E-state index is 12.7. The zero-order valence-electron chi connectivity index (χ0n) is 15.1. The zero-order chi connectivity index (χ0) is 19.1. The van der Waals surface area contributed by atoms with Gasteiger partial charge in [-0.3, -0.25) is 4.79 Å². The van der Waals surface area contributed by atoms with Crippen molar-refractivity contribution in [2.45, 2.75) is 30.6 Å². The van der Waals surface area contributed by atoms with Gasteiger partial charge in [-0.1, -0.05) is 31.0 Å². The maximum Gasteiger partial charge on any atom is 0.262 e. The van der Waals surface area contributed by atoms with E-state index < -0.39 is 10.0 Å². The molecule has 0 saturated carbocycles. The molecule has 0 aromatic heterocycles. The van der Waals surface area contributed by atoms with Crippen molar-refractivity contribution in [3.8, 4) is 5.75 Å². The third kappa shape index (κ3) is 5.30. The fourth-order valence-electron chi connectivity index (χ4n) is 3.01. The van der Waals surface area contributed by atoms with E-state index in [0.717, 1.165) is 25.7 Å². The Labute approximate surface area is 160 Å². The highest BCUT2D eigenvalue weighted by molar-refractivity contribution is 7.89. The van der Waals surface area contributed by atoms with Crippen molar-refractivity contribution < 1.29 is 17.9 Å². The van der Waals surface area contributed by atoms with Gasteiger partial charge in [0.2, 0.25) is 10.0 Å². The van der Waals surface area contributed by atoms with Crippen LogP contribution in [0.1, 0.15) is 25.7 Å². The molecule has 6 nitrogen and oxygen atoms in total. The summed E-state index contributed by atoms with van der Waals surface area (Å²) in [5.41, 5.74) is 0.699. The average molecular weight is 388 g/mol. The minimum absolute atomic E-state index is 0.146. The van der Waals surface area contributed by atoms with Gasteiger partial charge in [0.1, 0.15) is 5.75 Å². The Balaban J connectivity index is 1.57. The Hall–Kier alpha value is -2.38. The van der Waals surface area contributed by atoms with Gasteiger partial charge in [0.25, 0.3) is 5.91 Å². The summed E-state index contributed by atoms with van der Waals surface area (Å²) in [5, 5.41) is 2.73. The van der Waals surface area contributed by atoms with Crippen LogP contribution in [0.3, 0.4) is 0 Å². The highest BCUT2D eigenvalue weighted by Gasteiger charge is 2.24. The highest BCUT2D eigenvalue weighted by atomic mass is 32.2. The topological polar surface area (TPSA) is 75.7 Å². The molecule has 0 spiro atoms. The Morgan fingerprint density at radius 1 is 0.926 bits per heavy atom. The summed E-state index contributed by atoms with van der Waals surface area (Å²) >= 11 is 0. The van der Waals surface area contributed by atoms with Crippen molar-refractivity contribution in [1.82, 2.24) is 4.31 Å². The number of hydrogen-bond donors (Lipinski definition) is 1. The van der Waals surface area contributed by atoms with Crippen LogP contribution in [-0.4, -0.2) is 38.3 Å². The SMILES string of the molecule is O=C(COc1ccc(S(=O)(=O)N2CCCCCC2)cc1)Nc1ccccc1. The predicted octanol–water partition coefficient (Wildman–Crippen LogP) is 3.27. The molecule has 1 amide bonds. The number of amides is 1. The minimum Gasteiger partial charge on any atom is -0.484 e. The van der Waals surface area contributed by atoms with Crippen molar-refractivity contribution >= 4 is 21.6 Å². The van der Waals surface area contributed by atoms with E-state index >= 15 is 0 Å². The van der Waals surface area contributed by atoms with Crippen LogP contribution in [0.25, 0.3) is 0 Å². The van der Waals surface area contributed by atoms with Gasteiger partial charge in [0.15, 0.2) is 6.61 Å². The van der Waals surface area contributed by atoms with Crippen molar-refractivity contribution in [1.29, 1.82) is 0 Å². The van der Waals surface area contributed by atoms with Crippen LogP contribution in [0.5, 0.6) is 5.75 Å². The van der Waals surface area contributed by atoms with Crippen LogP contribution < -0.4 is 10.1 Å². The Morgan fingerprint density at radius 2 is 1.56 bits per heavy atom. The predicted molar refractivity (Wildman–Crippen MR) is 104 cm³/mol. The molecule has 1 fully saturated rings. The molecule has 144 valence electrons. The van der Waals surface area contributed by atoms with Crippen LogP contribution in [0.15, 0.2) is 59.5 Å². The van der Waals surface area contributed by atoms with Gasteiger partial charge >= 0.3 is 0 Å². The second-order valence-electron chi connectivity index (χ2n) is 6.49. The maximum atomic E-state index is 12.7. The van der Waals surface area contributed by atoms with E-state index in [4.69, 9.17) is 4.74 Å². The summed E-state index contributed by atoms with van der Waals surface area (Å²) in [6.07, 6.45) is 3.95. The molecule has 27 heavy (non-hydrogen) atoms. The third-order valence-electron chi connectivity index (χ3n) is 4.45. The van der Waals surface area contributed by atoms with E-state index in [9.17, 15) is 13.2 Å². The van der Waals surface area contributed by atoms with E-state index in [1.54, 1.807) is 28.6 Å². The lowest BCUT2D eigenvalue weighted by atomic mass is 10.2. The van der Waals surface area contributed by atoms with Crippen LogP contribution in [-0.2, 0) is 14.8 Å². The number of nitrogens with one attached hydrogen (secondary N) is 1. The summed E-state index contributed by atoms with van der Waals surface area (Å²) in [6, 6.07) is 15.4. The number of ether oxygens (including phenoxy) is 1. The Kier molecular flexibility index (Phi) is 6.47. The number of sulfonamides is 1. The number of nitrogens with zero attached hydrogens (tertiary/aromatic N) is 1. The molecule has 2 aromatic carbocycles. The largest absolute Gasteiger partial charge is 0.484 e. The fourth-order valence-corrected chi connectivity index (χ4v) is 4.52. The molecule has 0 atom stereocenters. The first kappa shape index (κ1) is 19.4. The van der Waals surface area contributed by atoms with Crippen LogP contribution >= 0.6 is 0 Å². The molecule has 0 bridgehead atoms. The summed E-state index contributed by atoms with van der Waals surface area (Å²) in [5.74, 6) is 0.176. The van der Waals surface area contributed by atoms with E-state index in [0.29, 0.717) is 24.5 Å². The lowest BCUT2D eigenvalue weighted by Gasteiger charge is -2.20. The molecule has 0 unspecified atom stereocenters. The second-order valence-corrected chi connectivity index (χ2v) is 8.43. The molecular formula is C20H24N2O4S. The first-order valence-corrected chi connectivity index (χ1v) is 10.6. The number of carbonyl (C=O) groups is 1. The molecule has 1 N–H and O–H groups in total. The first-order chi connectivity index (χ1) is 13.1. The normalized spacial score (nSPS) is 15.7. The van der Waals surface area contributed by atoms with Crippen molar-refractivity contribution in [2.24, 2.45) is 0 Å². The van der Waals surface area contributed by atoms with Gasteiger partial charge in [-0.25, -0.2) is 8.42 Å². The molecule has 2 aromatic rings. The Morgan fingerprint density at radius 3 is 2.19 bits per heavy atom. The molecule has 1 heterocycles. The zero-order valence-corrected chi connectivity index (χ0v) is 16.0. The average Bonchev–Trinajstić information content (AvgIpc) is 2.98. The number of rotatable bonds is 6. The van der Waals surface area contributed by atoms with Gasteiger partial charge in [0.05, 0.1) is 4.90 Å². The number of anilines is 1. The van der Waals surface area contributed by atoms with Crippen molar-refractivity contribution in [3.05, 3.63) is 54.6 Å². The number of hydrogen-bond acceptors (Lipinski definition) is 4. The molecule has 0 radical (unpaired) electrons. The number of benzene rings is 2. The van der Waals surface area contributed by atoms with Crippen LogP contribution in [0, 0.1) is 0 Å². The van der Waals surface area contributed by atoms with E-state index in [1.165, 1.54) is 12.1 Å². The molecule has 7 heteroatoms. The van der Waals surface area contributed by atoms with Gasteiger partial charge < -0.3 is 10.1 Å². The second kappa shape index (κ2) is 9.01. The molecule has 3 rings (SSSR count). The minimum atomic E-state index is -3.48. The van der Waals surface area contributed by atoms with E-state index in [2.05, 4.69) is 5.32 Å². The summed E-state index contributed by atoms with van der Waals surface area (Å²) in [4.78, 5) is 12.2. The summed E-state index contributed by atoms with van der Waals surface area (Å²) in [6.45, 7) is 0.994. The summed E-state index contributed by atoms with van der Waals surface area (Å²) in [7, 11) is -3.48. The first-order valence-electron chi connectivity index (χ1n) is 9.14. The van der Waals surface area contributed by atoms with E-state index in [1.807, 2.05) is 18.2 Å². The Bertz CT molecular complexity index is 843. The molecule has 1 aliphatic heterocycles. The number of para-hydroxylation sites is 1. The standard InChI is InChI=1S/C20H24N2O4S/c23-20(21-17-8-4-3-5-9-17)16-26-18-10-12-19(13-11-18)27(24,25)22-14-6-1-2-7-15-22/h3-5,8-13H,1-2,6-7,14-16H2,(H,21,23). The lowest BCUT2D eigenvalue weighted by Crippen LogP contribution is -2.31. The van der Waals surface area contributed by atoms with Gasteiger partial charge in [-0.2, -0.15) is 4.31 Å². The van der Waals surface area contributed by atoms with Crippen molar-refractivity contribution in [3.63, 3.8) is 0 Å². The van der Waals surface area contributed by atoms with Crippen LogP contribution in [0.2, 0.25) is 0 Å². The molecule has 1 aliphatic rings. The summed E-state index contributed by atoms with van der Waals surface area (Å²) < 4.78 is 32.5. The van der Waals surface area contributed by atoms with Crippen LogP contribution in [0.4, 0.5) is 5.69 Å². The quantitative estimate of drug-likeness (QED) is 0.824. The molecule has 0 aliphatic carbocycles. The fraction of sp³-hybridized carbons (Fsp3) is 0.350. The highest BCUT2D eigenvalue weighted by Crippen LogP contribution is 2.22. The van der Waals surface area contributed by atoms with Crippen molar-refractivity contribution in [2.75, 3.05) is 25.0 Å². The van der Waals surface area contributed by atoms with Gasteiger partial charge in [-0.05, 0) is 49.2 Å². The monoisotopic (exact) mass is 388 g/mol. The van der Waals surface area contributed by atoms with E-state index in [-0.39, 0.29) is 17.4 Å². The van der Waals surface area contributed by atoms with Gasteiger partial charge in [-0.15, -0.1) is 0 Å². The number of carbonyl (C=O) groups excluding carboxylic acids is 1.